The zero-order valence-electron chi connectivity index (χ0n) is 19.9. The maximum atomic E-state index is 12.0. The van der Waals surface area contributed by atoms with Gasteiger partial charge in [0.2, 0.25) is 0 Å². The van der Waals surface area contributed by atoms with Gasteiger partial charge in [-0.05, 0) is 24.1 Å². The van der Waals surface area contributed by atoms with Gasteiger partial charge in [-0.15, -0.1) is 12.4 Å². The normalized spacial score (nSPS) is 20.1. The van der Waals surface area contributed by atoms with Gasteiger partial charge in [0.05, 0.1) is 24.5 Å². The van der Waals surface area contributed by atoms with E-state index in [1.807, 2.05) is 19.1 Å². The highest BCUT2D eigenvalue weighted by atomic mass is 35.5. The molecule has 0 spiro atoms. The summed E-state index contributed by atoms with van der Waals surface area (Å²) in [5.41, 5.74) is 3.11. The van der Waals surface area contributed by atoms with Crippen LogP contribution in [-0.4, -0.2) is 83.4 Å². The van der Waals surface area contributed by atoms with Gasteiger partial charge >= 0.3 is 5.97 Å². The number of cyclic esters (lactones) is 1. The molecule has 0 bridgehead atoms. The number of carbonyl (C=O) groups is 1. The molecule has 3 heterocycles. The standard InChI is InChI=1S/C25H30N4O5.ClH/c1-16-9-18-10-17(3-4-20(18)25(32)34-16)22(30)14-28-5-7-29(8-6-28)15-23(31)21-11-24(33-2)19(12-26)13-27-21;/h3-4,10-11,13,16,22-23,30-31H,5-9,14-15H2,1-2H3;1H. The van der Waals surface area contributed by atoms with Crippen LogP contribution in [0.5, 0.6) is 5.75 Å². The fourth-order valence-electron chi connectivity index (χ4n) is 4.52. The van der Waals surface area contributed by atoms with Gasteiger partial charge in [-0.25, -0.2) is 4.79 Å². The SMILES string of the molecule is COc1cc(C(O)CN2CCN(CC(O)c3ccc4c(c3)CC(C)OC4=O)CC2)ncc1C#N.Cl. The number of hydrogen-bond donors (Lipinski definition) is 2. The summed E-state index contributed by atoms with van der Waals surface area (Å²) in [7, 11) is 1.48. The topological polar surface area (TPSA) is 119 Å². The Labute approximate surface area is 211 Å². The van der Waals surface area contributed by atoms with E-state index in [-0.39, 0.29) is 24.5 Å². The quantitative estimate of drug-likeness (QED) is 0.547. The summed E-state index contributed by atoms with van der Waals surface area (Å²) >= 11 is 0. The van der Waals surface area contributed by atoms with Gasteiger partial charge in [-0.2, -0.15) is 5.26 Å². The zero-order valence-corrected chi connectivity index (χ0v) is 20.7. The summed E-state index contributed by atoms with van der Waals surface area (Å²) in [5.74, 6) is 0.0987. The van der Waals surface area contributed by atoms with Crippen LogP contribution in [0.2, 0.25) is 0 Å². The second-order valence-corrected chi connectivity index (χ2v) is 8.89. The van der Waals surface area contributed by atoms with E-state index in [0.29, 0.717) is 42.1 Å². The Morgan fingerprint density at radius 1 is 1.17 bits per heavy atom. The number of esters is 1. The number of hydrogen-bond acceptors (Lipinski definition) is 9. The van der Waals surface area contributed by atoms with Crippen molar-refractivity contribution in [1.82, 2.24) is 14.8 Å². The Hall–Kier alpha value is -2.74. The molecule has 2 N–H and O–H groups in total. The van der Waals surface area contributed by atoms with Gasteiger partial charge in [0.25, 0.3) is 0 Å². The van der Waals surface area contributed by atoms with Gasteiger partial charge in [0.1, 0.15) is 29.6 Å². The highest BCUT2D eigenvalue weighted by molar-refractivity contribution is 5.92. The number of methoxy groups -OCH3 is 1. The van der Waals surface area contributed by atoms with Gasteiger partial charge in [-0.3, -0.25) is 14.8 Å². The summed E-state index contributed by atoms with van der Waals surface area (Å²) in [5, 5.41) is 30.5. The lowest BCUT2D eigenvalue weighted by atomic mass is 9.95. The van der Waals surface area contributed by atoms with Crippen molar-refractivity contribution in [3.8, 4) is 11.8 Å². The van der Waals surface area contributed by atoms with E-state index in [1.165, 1.54) is 13.3 Å². The van der Waals surface area contributed by atoms with Gasteiger partial charge in [0, 0.05) is 58.0 Å². The summed E-state index contributed by atoms with van der Waals surface area (Å²) in [6, 6.07) is 9.09. The average Bonchev–Trinajstić information content (AvgIpc) is 2.84. The maximum Gasteiger partial charge on any atom is 0.338 e. The van der Waals surface area contributed by atoms with Crippen LogP contribution in [0.15, 0.2) is 30.5 Å². The number of benzene rings is 1. The van der Waals surface area contributed by atoms with Gasteiger partial charge in [-0.1, -0.05) is 12.1 Å². The Morgan fingerprint density at radius 2 is 1.83 bits per heavy atom. The van der Waals surface area contributed by atoms with Crippen molar-refractivity contribution >= 4 is 18.4 Å². The van der Waals surface area contributed by atoms with E-state index < -0.39 is 12.2 Å². The van der Waals surface area contributed by atoms with Crippen LogP contribution in [0.25, 0.3) is 0 Å². The molecule has 2 aromatic rings. The van der Waals surface area contributed by atoms with E-state index in [1.54, 1.807) is 18.2 Å². The Bertz CT molecular complexity index is 1080. The van der Waals surface area contributed by atoms with E-state index in [4.69, 9.17) is 14.7 Å². The predicted octanol–water partition coefficient (Wildman–Crippen LogP) is 1.87. The lowest BCUT2D eigenvalue weighted by Crippen LogP contribution is -2.48. The highest BCUT2D eigenvalue weighted by Gasteiger charge is 2.26. The second-order valence-electron chi connectivity index (χ2n) is 8.89. The Morgan fingerprint density at radius 3 is 2.46 bits per heavy atom. The van der Waals surface area contributed by atoms with Gasteiger partial charge in [0.15, 0.2) is 0 Å². The smallest absolute Gasteiger partial charge is 0.338 e. The summed E-state index contributed by atoms with van der Waals surface area (Å²) in [4.78, 5) is 20.6. The fourth-order valence-corrected chi connectivity index (χ4v) is 4.52. The molecule has 1 aromatic carbocycles. The van der Waals surface area contributed by atoms with E-state index in [9.17, 15) is 15.0 Å². The van der Waals surface area contributed by atoms with Crippen LogP contribution in [0, 0.1) is 11.3 Å². The molecule has 10 heteroatoms. The minimum absolute atomic E-state index is 0. The largest absolute Gasteiger partial charge is 0.495 e. The lowest BCUT2D eigenvalue weighted by molar-refractivity contribution is 0.0299. The fraction of sp³-hybridized carbons (Fsp3) is 0.480. The average molecular weight is 503 g/mol. The first-order valence-corrected chi connectivity index (χ1v) is 11.5. The molecule has 3 atom stereocenters. The Kier molecular flexibility index (Phi) is 9.05. The number of β-amino-alcohol motifs (C(OH)–C–C–N with tert-alkyl or cyclic N) is 2. The van der Waals surface area contributed by atoms with Crippen LogP contribution in [0.4, 0.5) is 0 Å². The third kappa shape index (κ3) is 6.28. The molecule has 1 fully saturated rings. The number of halogens is 1. The molecule has 1 saturated heterocycles. The first-order chi connectivity index (χ1) is 16.4. The lowest BCUT2D eigenvalue weighted by Gasteiger charge is -2.36. The van der Waals surface area contributed by atoms with Crippen LogP contribution >= 0.6 is 12.4 Å². The van der Waals surface area contributed by atoms with Crippen LogP contribution < -0.4 is 4.74 Å². The minimum atomic E-state index is -0.789. The number of aliphatic hydroxyl groups excluding tert-OH is 2. The maximum absolute atomic E-state index is 12.0. The number of nitrogens with zero attached hydrogens (tertiary/aromatic N) is 4. The molecule has 0 radical (unpaired) electrons. The van der Waals surface area contributed by atoms with E-state index in [2.05, 4.69) is 14.8 Å². The van der Waals surface area contributed by atoms with Crippen molar-refractivity contribution in [3.05, 3.63) is 58.4 Å². The molecule has 0 saturated carbocycles. The monoisotopic (exact) mass is 502 g/mol. The summed E-state index contributed by atoms with van der Waals surface area (Å²) in [6.07, 6.45) is 0.481. The van der Waals surface area contributed by atoms with Crippen molar-refractivity contribution in [2.75, 3.05) is 46.4 Å². The van der Waals surface area contributed by atoms with Crippen molar-refractivity contribution in [2.45, 2.75) is 31.7 Å². The molecule has 188 valence electrons. The zero-order chi connectivity index (χ0) is 24.2. The van der Waals surface area contributed by atoms with Crippen LogP contribution in [0.1, 0.15) is 51.9 Å². The molecular weight excluding hydrogens is 472 g/mol. The number of carbonyl (C=O) groups excluding carboxylic acids is 1. The number of ether oxygens (including phenoxy) is 2. The van der Waals surface area contributed by atoms with Crippen molar-refractivity contribution in [3.63, 3.8) is 0 Å². The first kappa shape index (κ1) is 26.9. The molecule has 0 amide bonds. The first-order valence-electron chi connectivity index (χ1n) is 11.5. The number of piperazine rings is 1. The second kappa shape index (κ2) is 11.8. The van der Waals surface area contributed by atoms with Crippen molar-refractivity contribution < 1.29 is 24.5 Å². The molecule has 2 aliphatic rings. The number of pyridine rings is 1. The molecule has 4 rings (SSSR count). The third-order valence-electron chi connectivity index (χ3n) is 6.45. The van der Waals surface area contributed by atoms with Crippen molar-refractivity contribution in [2.24, 2.45) is 0 Å². The summed E-state index contributed by atoms with van der Waals surface area (Å²) < 4.78 is 10.5. The molecule has 9 nitrogen and oxygen atoms in total. The van der Waals surface area contributed by atoms with Gasteiger partial charge < -0.3 is 19.7 Å². The Balaban J connectivity index is 0.00000342. The molecule has 2 aliphatic heterocycles. The molecule has 1 aromatic heterocycles. The van der Waals surface area contributed by atoms with E-state index in [0.717, 1.165) is 37.3 Å². The number of aromatic nitrogens is 1. The molecular formula is C25H31ClN4O5. The number of aliphatic hydroxyl groups is 2. The van der Waals surface area contributed by atoms with E-state index >= 15 is 0 Å². The highest BCUT2D eigenvalue weighted by Crippen LogP contribution is 2.26. The summed E-state index contributed by atoms with van der Waals surface area (Å²) in [6.45, 7) is 5.84. The molecule has 0 aliphatic carbocycles. The van der Waals surface area contributed by atoms with Crippen LogP contribution in [-0.2, 0) is 11.2 Å². The van der Waals surface area contributed by atoms with Crippen molar-refractivity contribution in [1.29, 1.82) is 5.26 Å². The predicted molar refractivity (Wildman–Crippen MR) is 131 cm³/mol. The third-order valence-corrected chi connectivity index (χ3v) is 6.45. The number of rotatable bonds is 7. The number of fused-ring (bicyclic) bond motifs is 1. The molecule has 3 unspecified atom stereocenters. The molecule has 35 heavy (non-hydrogen) atoms. The van der Waals surface area contributed by atoms with Crippen LogP contribution in [0.3, 0.4) is 0 Å². The number of nitriles is 1. The minimum Gasteiger partial charge on any atom is -0.495 e.